The highest BCUT2D eigenvalue weighted by atomic mass is 127. The summed E-state index contributed by atoms with van der Waals surface area (Å²) in [5.74, 6) is 1.33. The predicted molar refractivity (Wildman–Crippen MR) is 144 cm³/mol. The Morgan fingerprint density at radius 3 is 2.48 bits per heavy atom. The number of anilines is 1. The normalized spacial score (nSPS) is 15.1. The van der Waals surface area contributed by atoms with Gasteiger partial charge >= 0.3 is 0 Å². The lowest BCUT2D eigenvalue weighted by molar-refractivity contribution is 0.253. The molecule has 1 aromatic carbocycles. The van der Waals surface area contributed by atoms with E-state index < -0.39 is 0 Å². The Hall–Kier alpha value is -1.39. The molecule has 1 saturated heterocycles. The van der Waals surface area contributed by atoms with Gasteiger partial charge in [0.2, 0.25) is 0 Å². The monoisotopic (exact) mass is 556 g/mol. The van der Waals surface area contributed by atoms with E-state index in [1.54, 1.807) is 11.3 Å². The lowest BCUT2D eigenvalue weighted by atomic mass is 10.2. The van der Waals surface area contributed by atoms with Gasteiger partial charge in [-0.1, -0.05) is 32.0 Å². The molecule has 6 nitrogen and oxygen atoms in total. The van der Waals surface area contributed by atoms with E-state index in [1.807, 2.05) is 7.05 Å². The summed E-state index contributed by atoms with van der Waals surface area (Å²) in [4.78, 5) is 14.1. The molecule has 2 heterocycles. The number of benzene rings is 1. The molecule has 0 saturated carbocycles. The van der Waals surface area contributed by atoms with Crippen LogP contribution in [-0.2, 0) is 6.54 Å². The van der Waals surface area contributed by atoms with E-state index in [-0.39, 0.29) is 24.0 Å². The van der Waals surface area contributed by atoms with Crippen LogP contribution < -0.4 is 15.5 Å². The van der Waals surface area contributed by atoms with Crippen molar-refractivity contribution in [1.29, 1.82) is 0 Å². The highest BCUT2D eigenvalue weighted by molar-refractivity contribution is 14.0. The van der Waals surface area contributed by atoms with Crippen LogP contribution in [0.5, 0.6) is 0 Å². The predicted octanol–water partition coefficient (Wildman–Crippen LogP) is 4.15. The maximum Gasteiger partial charge on any atom is 0.191 e. The number of hydrogen-bond donors (Lipinski definition) is 2. The van der Waals surface area contributed by atoms with Crippen LogP contribution in [0.4, 0.5) is 5.69 Å². The number of piperazine rings is 1. The Morgan fingerprint density at radius 2 is 1.84 bits per heavy atom. The number of guanidine groups is 1. The first-order valence-electron chi connectivity index (χ1n) is 11.1. The van der Waals surface area contributed by atoms with E-state index in [0.29, 0.717) is 5.92 Å². The van der Waals surface area contributed by atoms with Gasteiger partial charge in [0, 0.05) is 50.8 Å². The Morgan fingerprint density at radius 1 is 1.10 bits per heavy atom. The fourth-order valence-corrected chi connectivity index (χ4v) is 4.48. The van der Waals surface area contributed by atoms with Gasteiger partial charge in [0.25, 0.3) is 0 Å². The van der Waals surface area contributed by atoms with Gasteiger partial charge in [-0.15, -0.1) is 35.3 Å². The molecule has 0 spiro atoms. The Kier molecular flexibility index (Phi) is 11.6. The fraction of sp³-hybridized carbons (Fsp3) is 0.565. The molecule has 0 atom stereocenters. The minimum atomic E-state index is 0. The number of aliphatic imine (C=N–C) groups is 1. The third-order valence-corrected chi connectivity index (χ3v) is 6.35. The topological polar surface area (TPSA) is 55.8 Å². The molecule has 0 aliphatic carbocycles. The fourth-order valence-electron chi connectivity index (χ4n) is 3.59. The zero-order valence-corrected chi connectivity index (χ0v) is 22.2. The van der Waals surface area contributed by atoms with Crippen molar-refractivity contribution in [2.24, 2.45) is 4.99 Å². The van der Waals surface area contributed by atoms with Crippen LogP contribution in [0.3, 0.4) is 0 Å². The van der Waals surface area contributed by atoms with Crippen LogP contribution in [0.15, 0.2) is 40.7 Å². The van der Waals surface area contributed by atoms with Crippen molar-refractivity contribution in [3.05, 3.63) is 46.4 Å². The summed E-state index contributed by atoms with van der Waals surface area (Å²) in [6, 6.07) is 10.7. The van der Waals surface area contributed by atoms with Crippen molar-refractivity contribution in [3.8, 4) is 0 Å². The van der Waals surface area contributed by atoms with Crippen LogP contribution in [0.25, 0.3) is 0 Å². The van der Waals surface area contributed by atoms with Gasteiger partial charge in [-0.05, 0) is 37.4 Å². The van der Waals surface area contributed by atoms with Gasteiger partial charge in [-0.3, -0.25) is 9.89 Å². The van der Waals surface area contributed by atoms with Crippen molar-refractivity contribution in [1.82, 2.24) is 20.5 Å². The molecule has 1 aromatic heterocycles. The first-order valence-corrected chi connectivity index (χ1v) is 11.9. The van der Waals surface area contributed by atoms with E-state index in [2.05, 4.69) is 80.0 Å². The zero-order chi connectivity index (χ0) is 21.2. The summed E-state index contributed by atoms with van der Waals surface area (Å²) in [6.45, 7) is 11.7. The average Bonchev–Trinajstić information content (AvgIpc) is 3.26. The number of aromatic nitrogens is 1. The molecule has 1 aliphatic heterocycles. The summed E-state index contributed by atoms with van der Waals surface area (Å²) in [6.07, 6.45) is 2.36. The van der Waals surface area contributed by atoms with Crippen molar-refractivity contribution < 1.29 is 0 Å². The summed E-state index contributed by atoms with van der Waals surface area (Å²) >= 11 is 1.71. The number of para-hydroxylation sites is 1. The smallest absolute Gasteiger partial charge is 0.191 e. The number of halogens is 1. The highest BCUT2D eigenvalue weighted by Gasteiger charge is 2.16. The maximum absolute atomic E-state index is 4.67. The summed E-state index contributed by atoms with van der Waals surface area (Å²) in [5.41, 5.74) is 2.52. The summed E-state index contributed by atoms with van der Waals surface area (Å²) in [7, 11) is 1.82. The largest absolute Gasteiger partial charge is 0.369 e. The number of rotatable bonds is 9. The number of nitrogens with one attached hydrogen (secondary N) is 2. The number of hydrogen-bond acceptors (Lipinski definition) is 5. The van der Waals surface area contributed by atoms with Gasteiger partial charge in [0.1, 0.15) is 5.01 Å². The Bertz CT molecular complexity index is 771. The van der Waals surface area contributed by atoms with Crippen molar-refractivity contribution in [3.63, 3.8) is 0 Å². The minimum absolute atomic E-state index is 0. The first-order chi connectivity index (χ1) is 14.7. The molecular formula is C23H37IN6S. The van der Waals surface area contributed by atoms with Crippen molar-refractivity contribution in [2.45, 2.75) is 39.2 Å². The lowest BCUT2D eigenvalue weighted by Crippen LogP contribution is -2.46. The van der Waals surface area contributed by atoms with Gasteiger partial charge in [-0.2, -0.15) is 0 Å². The molecule has 0 amide bonds. The lowest BCUT2D eigenvalue weighted by Gasteiger charge is -2.36. The molecule has 2 N–H and O–H groups in total. The zero-order valence-electron chi connectivity index (χ0n) is 19.0. The first kappa shape index (κ1) is 25.9. The molecule has 2 aromatic rings. The van der Waals surface area contributed by atoms with Gasteiger partial charge in [-0.25, -0.2) is 4.98 Å². The third-order valence-electron chi connectivity index (χ3n) is 5.48. The third kappa shape index (κ3) is 8.57. The van der Waals surface area contributed by atoms with E-state index in [0.717, 1.165) is 56.7 Å². The minimum Gasteiger partial charge on any atom is -0.369 e. The van der Waals surface area contributed by atoms with Gasteiger partial charge in [0.15, 0.2) is 5.96 Å². The molecule has 8 heteroatoms. The van der Waals surface area contributed by atoms with Gasteiger partial charge < -0.3 is 15.5 Å². The van der Waals surface area contributed by atoms with Gasteiger partial charge in [0.05, 0.1) is 12.2 Å². The number of nitrogens with zero attached hydrogens (tertiary/aromatic N) is 4. The molecule has 0 bridgehead atoms. The van der Waals surface area contributed by atoms with E-state index in [9.17, 15) is 0 Å². The molecule has 172 valence electrons. The molecular weight excluding hydrogens is 519 g/mol. The molecule has 1 aliphatic rings. The SMILES string of the molecule is CN=C(NCCCCN1CCN(c2ccccc2)CC1)NCc1nc(C(C)C)cs1.I. The molecule has 0 radical (unpaired) electrons. The average molecular weight is 557 g/mol. The van der Waals surface area contributed by atoms with Crippen LogP contribution in [0.2, 0.25) is 0 Å². The van der Waals surface area contributed by atoms with Crippen LogP contribution in [0, 0.1) is 0 Å². The second kappa shape index (κ2) is 13.9. The maximum atomic E-state index is 4.67. The van der Waals surface area contributed by atoms with Crippen molar-refractivity contribution >= 4 is 47.0 Å². The Balaban J connectivity index is 0.00000341. The Labute approximate surface area is 208 Å². The molecule has 3 rings (SSSR count). The van der Waals surface area contributed by atoms with Crippen LogP contribution in [0.1, 0.15) is 43.3 Å². The van der Waals surface area contributed by atoms with E-state index in [4.69, 9.17) is 0 Å². The van der Waals surface area contributed by atoms with Crippen molar-refractivity contribution in [2.75, 3.05) is 51.2 Å². The quantitative estimate of drug-likeness (QED) is 0.211. The second-order valence-corrected chi connectivity index (χ2v) is 8.99. The molecule has 1 fully saturated rings. The summed E-state index contributed by atoms with van der Waals surface area (Å²) in [5, 5.41) is 10.1. The highest BCUT2D eigenvalue weighted by Crippen LogP contribution is 2.17. The van der Waals surface area contributed by atoms with E-state index in [1.165, 1.54) is 24.3 Å². The number of unbranched alkanes of at least 4 members (excludes halogenated alkanes) is 1. The number of thiazole rings is 1. The van der Waals surface area contributed by atoms with Crippen LogP contribution >= 0.6 is 35.3 Å². The van der Waals surface area contributed by atoms with Crippen LogP contribution in [-0.4, -0.2) is 62.2 Å². The molecule has 0 unspecified atom stereocenters. The molecule has 31 heavy (non-hydrogen) atoms. The van der Waals surface area contributed by atoms with E-state index >= 15 is 0 Å². The summed E-state index contributed by atoms with van der Waals surface area (Å²) < 4.78 is 0. The standard InChI is InChI=1S/C23H36N6S.HI/c1-19(2)21-18-30-22(27-21)17-26-23(24-3)25-11-7-8-12-28-13-15-29(16-14-28)20-9-5-4-6-10-20;/h4-6,9-10,18-19H,7-8,11-17H2,1-3H3,(H2,24,25,26);1H. The second-order valence-electron chi connectivity index (χ2n) is 8.04.